The van der Waals surface area contributed by atoms with E-state index >= 15 is 0 Å². The Balaban J connectivity index is 1.57. The molecule has 0 amide bonds. The summed E-state index contributed by atoms with van der Waals surface area (Å²) in [4.78, 5) is 25.3. The highest BCUT2D eigenvalue weighted by Gasteiger charge is 2.69. The van der Waals surface area contributed by atoms with Gasteiger partial charge < -0.3 is 0 Å². The van der Waals surface area contributed by atoms with Gasteiger partial charge >= 0.3 is 0 Å². The number of fused-ring (bicyclic) bond motifs is 7. The van der Waals surface area contributed by atoms with Crippen LogP contribution in [-0.2, 0) is 9.59 Å². The van der Waals surface area contributed by atoms with Gasteiger partial charge in [-0.1, -0.05) is 39.2 Å². The molecular formula is C26H38O2. The van der Waals surface area contributed by atoms with Gasteiger partial charge in [0.2, 0.25) is 0 Å². The topological polar surface area (TPSA) is 34.1 Å². The van der Waals surface area contributed by atoms with Crippen LogP contribution in [0.5, 0.6) is 0 Å². The third kappa shape index (κ3) is 2.16. The second-order valence-electron chi connectivity index (χ2n) is 11.7. The molecule has 154 valence electrons. The Labute approximate surface area is 170 Å². The normalized spacial score (nSPS) is 52.8. The molecule has 0 spiro atoms. The highest BCUT2D eigenvalue weighted by molar-refractivity contribution is 5.91. The minimum atomic E-state index is -0.0380. The summed E-state index contributed by atoms with van der Waals surface area (Å²) in [6.45, 7) is 9.28. The SMILES string of the molecule is CC(=O)[C@]12CCCC[C@@H]1C[C@@H]1[C@@H]3C[C@@H](C)C4=CC(=O)CC[C@]4(C)[C@@H]3CC[C@@]12C. The van der Waals surface area contributed by atoms with Crippen LogP contribution >= 0.6 is 0 Å². The van der Waals surface area contributed by atoms with Gasteiger partial charge in [-0.2, -0.15) is 0 Å². The van der Waals surface area contributed by atoms with Crippen LogP contribution in [0, 0.1) is 45.8 Å². The van der Waals surface area contributed by atoms with E-state index in [1.54, 1.807) is 0 Å². The number of ketones is 2. The number of hydrogen-bond donors (Lipinski definition) is 0. The molecule has 2 heteroatoms. The van der Waals surface area contributed by atoms with Gasteiger partial charge in [-0.3, -0.25) is 9.59 Å². The van der Waals surface area contributed by atoms with E-state index in [0.717, 1.165) is 25.2 Å². The Morgan fingerprint density at radius 1 is 1.04 bits per heavy atom. The van der Waals surface area contributed by atoms with Crippen molar-refractivity contribution in [1.29, 1.82) is 0 Å². The summed E-state index contributed by atoms with van der Waals surface area (Å²) in [5.74, 6) is 4.16. The van der Waals surface area contributed by atoms with Gasteiger partial charge in [0.1, 0.15) is 5.78 Å². The van der Waals surface area contributed by atoms with Gasteiger partial charge in [-0.05, 0) is 98.4 Å². The van der Waals surface area contributed by atoms with Gasteiger partial charge in [-0.15, -0.1) is 0 Å². The molecule has 0 bridgehead atoms. The lowest BCUT2D eigenvalue weighted by Gasteiger charge is -2.61. The molecule has 2 nitrogen and oxygen atoms in total. The molecule has 4 fully saturated rings. The minimum absolute atomic E-state index is 0.0380. The highest BCUT2D eigenvalue weighted by atomic mass is 16.1. The van der Waals surface area contributed by atoms with Crippen LogP contribution in [0.4, 0.5) is 0 Å². The van der Waals surface area contributed by atoms with Gasteiger partial charge in [0.25, 0.3) is 0 Å². The summed E-state index contributed by atoms with van der Waals surface area (Å²) in [7, 11) is 0. The van der Waals surface area contributed by atoms with Gasteiger partial charge in [0.05, 0.1) is 0 Å². The third-order valence-electron chi connectivity index (χ3n) is 10.9. The van der Waals surface area contributed by atoms with Crippen molar-refractivity contribution < 1.29 is 9.59 Å². The Hall–Kier alpha value is -0.920. The summed E-state index contributed by atoms with van der Waals surface area (Å²) >= 11 is 0. The number of Topliss-reactive ketones (excluding diaryl/α,β-unsaturated/α-hetero) is 1. The van der Waals surface area contributed by atoms with Crippen molar-refractivity contribution in [2.24, 2.45) is 45.8 Å². The molecule has 5 aliphatic carbocycles. The van der Waals surface area contributed by atoms with Gasteiger partial charge in [0.15, 0.2) is 5.78 Å². The van der Waals surface area contributed by atoms with E-state index < -0.39 is 0 Å². The van der Waals surface area contributed by atoms with Gasteiger partial charge in [0, 0.05) is 11.8 Å². The van der Waals surface area contributed by atoms with Crippen LogP contribution in [0.15, 0.2) is 11.6 Å². The van der Waals surface area contributed by atoms with E-state index in [0.29, 0.717) is 35.2 Å². The molecule has 0 radical (unpaired) electrons. The van der Waals surface area contributed by atoms with Crippen molar-refractivity contribution in [1.82, 2.24) is 0 Å². The standard InChI is InChI=1S/C26H38O2/c1-16-13-20-21(24(3)11-8-19(28)15-22(16)24)9-12-25(4)23(20)14-18-7-5-6-10-26(18,25)17(2)27/h15-16,18,20-21,23H,5-14H2,1-4H3/t16-,18-,20-,21-,23-,24-,25+,26-/m1/s1. The maximum atomic E-state index is 13.2. The lowest BCUT2D eigenvalue weighted by Crippen LogP contribution is -2.56. The summed E-state index contributed by atoms with van der Waals surface area (Å²) in [5, 5.41) is 0. The zero-order chi connectivity index (χ0) is 19.9. The molecule has 0 unspecified atom stereocenters. The fourth-order valence-corrected chi connectivity index (χ4v) is 9.78. The minimum Gasteiger partial charge on any atom is -0.299 e. The molecular weight excluding hydrogens is 344 g/mol. The van der Waals surface area contributed by atoms with Crippen LogP contribution in [0.25, 0.3) is 0 Å². The first-order valence-corrected chi connectivity index (χ1v) is 12.0. The average Bonchev–Trinajstić information content (AvgIpc) is 2.94. The van der Waals surface area contributed by atoms with E-state index in [9.17, 15) is 9.59 Å². The second kappa shape index (κ2) is 6.05. The molecule has 28 heavy (non-hydrogen) atoms. The second-order valence-corrected chi connectivity index (χ2v) is 11.7. The van der Waals surface area contributed by atoms with Crippen LogP contribution in [0.3, 0.4) is 0 Å². The first kappa shape index (κ1) is 19.1. The average molecular weight is 383 g/mol. The fourth-order valence-electron chi connectivity index (χ4n) is 9.78. The molecule has 0 saturated heterocycles. The number of rotatable bonds is 1. The van der Waals surface area contributed by atoms with Crippen LogP contribution in [-0.4, -0.2) is 11.6 Å². The molecule has 4 saturated carbocycles. The van der Waals surface area contributed by atoms with E-state index in [1.807, 2.05) is 13.0 Å². The number of hydrogen-bond acceptors (Lipinski definition) is 2. The quantitative estimate of drug-likeness (QED) is 0.546. The number of allylic oxidation sites excluding steroid dienone is 1. The predicted octanol–water partition coefficient (Wildman–Crippen LogP) is 6.14. The smallest absolute Gasteiger partial charge is 0.155 e. The van der Waals surface area contributed by atoms with Gasteiger partial charge in [-0.25, -0.2) is 0 Å². The summed E-state index contributed by atoms with van der Waals surface area (Å²) in [6, 6.07) is 0. The number of carbonyl (C=O) groups excluding carboxylic acids is 2. The molecule has 0 aromatic rings. The molecule has 0 aromatic carbocycles. The Morgan fingerprint density at radius 3 is 2.57 bits per heavy atom. The lowest BCUT2D eigenvalue weighted by atomic mass is 9.43. The van der Waals surface area contributed by atoms with Crippen molar-refractivity contribution in [2.45, 2.75) is 91.9 Å². The third-order valence-corrected chi connectivity index (χ3v) is 10.9. The first-order chi connectivity index (χ1) is 13.2. The maximum Gasteiger partial charge on any atom is 0.155 e. The van der Waals surface area contributed by atoms with Crippen molar-refractivity contribution in [3.63, 3.8) is 0 Å². The molecule has 8 atom stereocenters. The van der Waals surface area contributed by atoms with E-state index in [4.69, 9.17) is 0 Å². The van der Waals surface area contributed by atoms with Crippen molar-refractivity contribution in [3.05, 3.63) is 11.6 Å². The zero-order valence-electron chi connectivity index (χ0n) is 18.4. The highest BCUT2D eigenvalue weighted by Crippen LogP contribution is 2.74. The van der Waals surface area contributed by atoms with Crippen molar-refractivity contribution >= 4 is 11.6 Å². The Bertz CT molecular complexity index is 750. The summed E-state index contributed by atoms with van der Waals surface area (Å²) in [6.07, 6.45) is 13.8. The Kier molecular flexibility index (Phi) is 4.12. The molecule has 5 aliphatic rings. The summed E-state index contributed by atoms with van der Waals surface area (Å²) < 4.78 is 0. The maximum absolute atomic E-state index is 13.2. The summed E-state index contributed by atoms with van der Waals surface area (Å²) in [5.41, 5.74) is 1.84. The monoisotopic (exact) mass is 382 g/mol. The molecule has 0 heterocycles. The molecule has 0 aliphatic heterocycles. The van der Waals surface area contributed by atoms with Crippen LogP contribution < -0.4 is 0 Å². The largest absolute Gasteiger partial charge is 0.299 e. The fraction of sp³-hybridized carbons (Fsp3) is 0.846. The Morgan fingerprint density at radius 2 is 1.82 bits per heavy atom. The van der Waals surface area contributed by atoms with Crippen molar-refractivity contribution in [2.75, 3.05) is 0 Å². The lowest BCUT2D eigenvalue weighted by molar-refractivity contribution is -0.149. The van der Waals surface area contributed by atoms with Crippen LogP contribution in [0.1, 0.15) is 91.9 Å². The van der Waals surface area contributed by atoms with E-state index in [-0.39, 0.29) is 16.2 Å². The predicted molar refractivity (Wildman–Crippen MR) is 112 cm³/mol. The molecule has 5 rings (SSSR count). The number of carbonyl (C=O) groups is 2. The van der Waals surface area contributed by atoms with Crippen molar-refractivity contribution in [3.8, 4) is 0 Å². The van der Waals surface area contributed by atoms with E-state index in [1.165, 1.54) is 50.5 Å². The molecule has 0 N–H and O–H groups in total. The zero-order valence-corrected chi connectivity index (χ0v) is 18.4. The van der Waals surface area contributed by atoms with Crippen LogP contribution in [0.2, 0.25) is 0 Å². The first-order valence-electron chi connectivity index (χ1n) is 12.0. The van der Waals surface area contributed by atoms with E-state index in [2.05, 4.69) is 20.8 Å². The molecule has 0 aromatic heterocycles.